The number of benzene rings is 3. The number of nitrogens with zero attached hydrogens (tertiary/aromatic N) is 1. The minimum Gasteiger partial charge on any atom is -0.350 e. The summed E-state index contributed by atoms with van der Waals surface area (Å²) in [6, 6.07) is 21.4. The molecule has 0 aliphatic rings. The van der Waals surface area contributed by atoms with Crippen LogP contribution in [0, 0.1) is 13.8 Å². The van der Waals surface area contributed by atoms with Crippen LogP contribution in [0.4, 0.5) is 0 Å². The van der Waals surface area contributed by atoms with Gasteiger partial charge >= 0.3 is 0 Å². The minimum atomic E-state index is -0.292. The molecule has 0 saturated carbocycles. The lowest BCUT2D eigenvalue weighted by Gasteiger charge is -2.07. The minimum absolute atomic E-state index is 0.292. The first-order valence-corrected chi connectivity index (χ1v) is 9.68. The third-order valence-corrected chi connectivity index (χ3v) is 5.23. The number of fused-ring (bicyclic) bond motifs is 1. The second kappa shape index (κ2) is 7.94. The number of halogens is 1. The number of nitrogens with one attached hydrogen (secondary N) is 2. The average Bonchev–Trinajstić information content (AvgIpc) is 3.11. The van der Waals surface area contributed by atoms with Gasteiger partial charge in [-0.25, -0.2) is 5.43 Å². The molecule has 4 rings (SSSR count). The van der Waals surface area contributed by atoms with Gasteiger partial charge in [0.15, 0.2) is 0 Å². The van der Waals surface area contributed by atoms with Crippen LogP contribution in [0.3, 0.4) is 0 Å². The van der Waals surface area contributed by atoms with Gasteiger partial charge in [0.05, 0.1) is 6.21 Å². The van der Waals surface area contributed by atoms with Crippen molar-refractivity contribution in [2.75, 3.05) is 0 Å². The Morgan fingerprint density at radius 2 is 1.76 bits per heavy atom. The van der Waals surface area contributed by atoms with Gasteiger partial charge in [-0.15, -0.1) is 0 Å². The number of hydrogen-bond donors (Lipinski definition) is 2. The molecule has 0 saturated heterocycles. The van der Waals surface area contributed by atoms with Crippen molar-refractivity contribution in [3.8, 4) is 11.1 Å². The van der Waals surface area contributed by atoms with Crippen LogP contribution < -0.4 is 5.43 Å². The zero-order valence-electron chi connectivity index (χ0n) is 16.2. The van der Waals surface area contributed by atoms with Crippen molar-refractivity contribution in [1.29, 1.82) is 0 Å². The van der Waals surface area contributed by atoms with E-state index in [1.165, 1.54) is 11.1 Å². The van der Waals surface area contributed by atoms with Crippen molar-refractivity contribution in [1.82, 2.24) is 10.4 Å². The van der Waals surface area contributed by atoms with E-state index in [4.69, 9.17) is 11.6 Å². The van der Waals surface area contributed by atoms with Crippen molar-refractivity contribution < 1.29 is 4.79 Å². The first-order valence-electron chi connectivity index (χ1n) is 9.30. The van der Waals surface area contributed by atoms with Crippen LogP contribution >= 0.6 is 11.6 Å². The van der Waals surface area contributed by atoms with E-state index in [-0.39, 0.29) is 5.91 Å². The van der Waals surface area contributed by atoms with Gasteiger partial charge in [-0.1, -0.05) is 60.1 Å². The zero-order valence-corrected chi connectivity index (χ0v) is 16.9. The molecule has 0 aliphatic heterocycles. The Bertz CT molecular complexity index is 1220. The largest absolute Gasteiger partial charge is 0.350 e. The van der Waals surface area contributed by atoms with E-state index >= 15 is 0 Å². The van der Waals surface area contributed by atoms with Crippen LogP contribution in [0.15, 0.2) is 71.8 Å². The number of aromatic amines is 1. The maximum absolute atomic E-state index is 12.9. The Morgan fingerprint density at radius 1 is 1.00 bits per heavy atom. The summed E-state index contributed by atoms with van der Waals surface area (Å²) < 4.78 is 0. The highest BCUT2D eigenvalue weighted by Crippen LogP contribution is 2.33. The van der Waals surface area contributed by atoms with Gasteiger partial charge in [-0.05, 0) is 54.3 Å². The third kappa shape index (κ3) is 3.93. The van der Waals surface area contributed by atoms with E-state index in [0.29, 0.717) is 10.7 Å². The number of carbonyl (C=O) groups is 1. The summed E-state index contributed by atoms with van der Waals surface area (Å²) in [5.41, 5.74) is 9.14. The molecule has 2 N–H and O–H groups in total. The van der Waals surface area contributed by atoms with Crippen LogP contribution in [-0.4, -0.2) is 17.1 Å². The van der Waals surface area contributed by atoms with E-state index in [1.807, 2.05) is 42.5 Å². The lowest BCUT2D eigenvalue weighted by Crippen LogP contribution is -2.18. The average molecular weight is 402 g/mol. The number of carbonyl (C=O) groups excluding carboxylic acids is 1. The first-order chi connectivity index (χ1) is 14.0. The fourth-order valence-corrected chi connectivity index (χ4v) is 3.41. The molecule has 4 nitrogen and oxygen atoms in total. The molecule has 144 valence electrons. The number of H-pyrrole nitrogens is 1. The third-order valence-electron chi connectivity index (χ3n) is 4.98. The number of aryl methyl sites for hydroxylation is 2. The molecule has 0 atom stereocenters. The van der Waals surface area contributed by atoms with E-state index < -0.39 is 0 Å². The number of aromatic nitrogens is 1. The molecule has 0 fully saturated rings. The monoisotopic (exact) mass is 401 g/mol. The van der Waals surface area contributed by atoms with Crippen molar-refractivity contribution in [3.05, 3.63) is 94.1 Å². The van der Waals surface area contributed by atoms with Crippen LogP contribution in [0.2, 0.25) is 5.02 Å². The van der Waals surface area contributed by atoms with Gasteiger partial charge < -0.3 is 4.98 Å². The summed E-state index contributed by atoms with van der Waals surface area (Å²) in [5.74, 6) is -0.292. The van der Waals surface area contributed by atoms with Crippen molar-refractivity contribution in [2.45, 2.75) is 13.8 Å². The highest BCUT2D eigenvalue weighted by atomic mass is 35.5. The smallest absolute Gasteiger partial charge is 0.288 e. The molecule has 0 radical (unpaired) electrons. The molecule has 4 aromatic rings. The predicted octanol–water partition coefficient (Wildman–Crippen LogP) is 5.87. The second-order valence-electron chi connectivity index (χ2n) is 6.97. The molecule has 0 aliphatic carbocycles. The summed E-state index contributed by atoms with van der Waals surface area (Å²) in [6.07, 6.45) is 1.59. The highest BCUT2D eigenvalue weighted by molar-refractivity contribution is 6.30. The Morgan fingerprint density at radius 3 is 2.52 bits per heavy atom. The molecule has 0 bridgehead atoms. The van der Waals surface area contributed by atoms with Gasteiger partial charge in [0, 0.05) is 21.5 Å². The number of amides is 1. The van der Waals surface area contributed by atoms with Gasteiger partial charge in [0.1, 0.15) is 5.69 Å². The Labute approximate surface area is 174 Å². The number of rotatable bonds is 4. The Balaban J connectivity index is 1.70. The SMILES string of the molecule is Cc1ccc(-c2c(C(=O)N/N=C\c3ccc(Cl)cc3)[nH]c3ccccc23)cc1C. The normalized spacial score (nSPS) is 11.3. The van der Waals surface area contributed by atoms with Crippen LogP contribution in [0.25, 0.3) is 22.0 Å². The lowest BCUT2D eigenvalue weighted by molar-refractivity contribution is 0.0951. The first kappa shape index (κ1) is 19.0. The van der Waals surface area contributed by atoms with E-state index in [9.17, 15) is 4.79 Å². The number of hydrazone groups is 1. The van der Waals surface area contributed by atoms with Crippen molar-refractivity contribution in [3.63, 3.8) is 0 Å². The van der Waals surface area contributed by atoms with Gasteiger partial charge in [0.2, 0.25) is 0 Å². The summed E-state index contributed by atoms with van der Waals surface area (Å²) in [7, 11) is 0. The molecule has 1 heterocycles. The standard InChI is InChI=1S/C24H20ClN3O/c1-15-7-10-18(13-16(15)2)22-20-5-3-4-6-21(20)27-23(22)24(29)28-26-14-17-8-11-19(25)12-9-17/h3-14,27H,1-2H3,(H,28,29)/b26-14-. The molecule has 5 heteroatoms. The topological polar surface area (TPSA) is 57.2 Å². The second-order valence-corrected chi connectivity index (χ2v) is 7.41. The van der Waals surface area contributed by atoms with Gasteiger partial charge in [-0.2, -0.15) is 5.10 Å². The van der Waals surface area contributed by atoms with Crippen LogP contribution in [-0.2, 0) is 0 Å². The summed E-state index contributed by atoms with van der Waals surface area (Å²) in [6.45, 7) is 4.15. The molecular weight excluding hydrogens is 382 g/mol. The van der Waals surface area contributed by atoms with Crippen molar-refractivity contribution >= 4 is 34.6 Å². The molecule has 3 aromatic carbocycles. The molecule has 0 spiro atoms. The Hall–Kier alpha value is -3.37. The number of para-hydroxylation sites is 1. The van der Waals surface area contributed by atoms with Gasteiger partial charge in [0.25, 0.3) is 5.91 Å². The quantitative estimate of drug-likeness (QED) is 0.326. The summed E-state index contributed by atoms with van der Waals surface area (Å²) in [5, 5.41) is 5.75. The van der Waals surface area contributed by atoms with E-state index in [2.05, 4.69) is 41.5 Å². The Kier molecular flexibility index (Phi) is 5.19. The molecular formula is C24H20ClN3O. The van der Waals surface area contributed by atoms with Crippen LogP contribution in [0.5, 0.6) is 0 Å². The maximum Gasteiger partial charge on any atom is 0.288 e. The fraction of sp³-hybridized carbons (Fsp3) is 0.0833. The molecule has 0 unspecified atom stereocenters. The van der Waals surface area contributed by atoms with Crippen molar-refractivity contribution in [2.24, 2.45) is 5.10 Å². The zero-order chi connectivity index (χ0) is 20.4. The van der Waals surface area contributed by atoms with E-state index in [1.54, 1.807) is 18.3 Å². The highest BCUT2D eigenvalue weighted by Gasteiger charge is 2.19. The molecule has 1 aromatic heterocycles. The maximum atomic E-state index is 12.9. The fourth-order valence-electron chi connectivity index (χ4n) is 3.28. The summed E-state index contributed by atoms with van der Waals surface area (Å²) >= 11 is 5.89. The predicted molar refractivity (Wildman–Crippen MR) is 120 cm³/mol. The lowest BCUT2D eigenvalue weighted by atomic mass is 9.98. The van der Waals surface area contributed by atoms with E-state index in [0.717, 1.165) is 27.6 Å². The van der Waals surface area contributed by atoms with Crippen LogP contribution in [0.1, 0.15) is 27.2 Å². The number of hydrogen-bond acceptors (Lipinski definition) is 2. The summed E-state index contributed by atoms with van der Waals surface area (Å²) in [4.78, 5) is 16.2. The van der Waals surface area contributed by atoms with Gasteiger partial charge in [-0.3, -0.25) is 4.79 Å². The molecule has 29 heavy (non-hydrogen) atoms. The molecule has 1 amide bonds.